The lowest BCUT2D eigenvalue weighted by Crippen LogP contribution is -2.39. The van der Waals surface area contributed by atoms with Crippen LogP contribution in [0.25, 0.3) is 11.2 Å². The minimum absolute atomic E-state index is 0.114. The third-order valence-electron chi connectivity index (χ3n) is 9.03. The van der Waals surface area contributed by atoms with E-state index in [-0.39, 0.29) is 18.8 Å². The first-order valence-corrected chi connectivity index (χ1v) is 17.7. The van der Waals surface area contributed by atoms with E-state index in [4.69, 9.17) is 38.5 Å². The predicted molar refractivity (Wildman–Crippen MR) is 182 cm³/mol. The Morgan fingerprint density at radius 1 is 1.08 bits per heavy atom. The minimum Gasteiger partial charge on any atom is -0.493 e. The Bertz CT molecular complexity index is 2030. The number of nitrogens with two attached hydrogens (primary N) is 1. The second-order valence-corrected chi connectivity index (χ2v) is 14.2. The molecule has 1 aromatic carbocycles. The number of hydrogen-bond acceptors (Lipinski definition) is 16. The van der Waals surface area contributed by atoms with Crippen LogP contribution in [0, 0.1) is 0 Å². The highest BCUT2D eigenvalue weighted by molar-refractivity contribution is 7.51. The lowest BCUT2D eigenvalue weighted by molar-refractivity contribution is -0.0646. The summed E-state index contributed by atoms with van der Waals surface area (Å²) in [6.45, 7) is -0.771. The molecule has 6 rings (SSSR count). The lowest BCUT2D eigenvalue weighted by atomic mass is 10.1. The van der Waals surface area contributed by atoms with Crippen molar-refractivity contribution >= 4 is 24.7 Å². The number of rotatable bonds is 15. The number of fused-ring (bicyclic) bond motifs is 1. The van der Waals surface area contributed by atoms with Crippen LogP contribution in [-0.4, -0.2) is 123 Å². The third-order valence-corrected chi connectivity index (χ3v) is 11.1. The van der Waals surface area contributed by atoms with Crippen LogP contribution in [0.5, 0.6) is 11.5 Å². The van der Waals surface area contributed by atoms with Gasteiger partial charge in [0.25, 0.3) is 5.56 Å². The van der Waals surface area contributed by atoms with Crippen molar-refractivity contribution in [2.45, 2.75) is 55.8 Å². The average molecular weight is 749 g/mol. The number of likely N-dealkylation sites (N-methyl/N-ethyl adjacent to an activating group) is 1. The Hall–Kier alpha value is -4.24. The second kappa shape index (κ2) is 15.8. The largest absolute Gasteiger partial charge is 0.493 e. The zero-order valence-electron chi connectivity index (χ0n) is 28.8. The van der Waals surface area contributed by atoms with Crippen LogP contribution in [0.15, 0.2) is 52.7 Å². The van der Waals surface area contributed by atoms with Crippen molar-refractivity contribution in [2.75, 3.05) is 53.9 Å². The number of aromatic nitrogens is 6. The fraction of sp³-hybridized carbons (Fsp3) is 0.516. The minimum atomic E-state index is -4.29. The number of aliphatic hydroxyl groups is 2. The lowest BCUT2D eigenvalue weighted by Gasteiger charge is -2.31. The fourth-order valence-electron chi connectivity index (χ4n) is 6.19. The summed E-state index contributed by atoms with van der Waals surface area (Å²) in [6.07, 6.45) is -2.79. The molecule has 2 fully saturated rings. The number of nitrogens with one attached hydrogen (secondary N) is 1. The van der Waals surface area contributed by atoms with E-state index in [1.54, 1.807) is 23.7 Å². The maximum Gasteiger partial charge on any atom is 0.408 e. The molecule has 2 aliphatic heterocycles. The maximum atomic E-state index is 14.9. The molecular formula is C31H41N8O12P. The van der Waals surface area contributed by atoms with Crippen LogP contribution in [0.1, 0.15) is 24.4 Å². The number of hydrogen-bond donors (Lipinski definition) is 4. The number of nitrogen functional groups attached to an aromatic ring is 1. The molecule has 21 heteroatoms. The van der Waals surface area contributed by atoms with Crippen molar-refractivity contribution in [3.63, 3.8) is 0 Å². The molecule has 2 unspecified atom stereocenters. The zero-order chi connectivity index (χ0) is 37.2. The first-order chi connectivity index (χ1) is 25.0. The summed E-state index contributed by atoms with van der Waals surface area (Å²) >= 11 is 0. The smallest absolute Gasteiger partial charge is 0.408 e. The van der Waals surface area contributed by atoms with Gasteiger partial charge in [0.1, 0.15) is 48.6 Å². The van der Waals surface area contributed by atoms with Crippen molar-refractivity contribution in [3.05, 3.63) is 69.5 Å². The number of methoxy groups -OCH3 is 3. The van der Waals surface area contributed by atoms with E-state index in [2.05, 4.69) is 19.9 Å². The quantitative estimate of drug-likeness (QED) is 0.119. The number of imidazole rings is 1. The molecule has 0 radical (unpaired) electrons. The van der Waals surface area contributed by atoms with Crippen LogP contribution >= 0.6 is 7.75 Å². The molecule has 0 bridgehead atoms. The highest BCUT2D eigenvalue weighted by Gasteiger charge is 2.48. The van der Waals surface area contributed by atoms with Gasteiger partial charge < -0.3 is 39.6 Å². The summed E-state index contributed by atoms with van der Waals surface area (Å²) in [5, 5.41) is 21.5. The Morgan fingerprint density at radius 2 is 1.87 bits per heavy atom. The Kier molecular flexibility index (Phi) is 11.4. The normalized spacial score (nSPS) is 25.9. The van der Waals surface area contributed by atoms with Gasteiger partial charge in [-0.1, -0.05) is 6.07 Å². The second-order valence-electron chi connectivity index (χ2n) is 12.1. The van der Waals surface area contributed by atoms with Crippen LogP contribution in [0.4, 0.5) is 5.82 Å². The number of anilines is 1. The summed E-state index contributed by atoms with van der Waals surface area (Å²) in [7, 11) is 1.66. The number of benzene rings is 1. The van der Waals surface area contributed by atoms with Gasteiger partial charge in [0.15, 0.2) is 29.2 Å². The number of ether oxygens (including phenoxy) is 5. The van der Waals surface area contributed by atoms with E-state index in [1.165, 1.54) is 44.9 Å². The maximum absolute atomic E-state index is 14.9. The highest BCUT2D eigenvalue weighted by Crippen LogP contribution is 2.55. The van der Waals surface area contributed by atoms with Gasteiger partial charge in [-0.3, -0.25) is 28.0 Å². The molecule has 2 saturated heterocycles. The Morgan fingerprint density at radius 3 is 2.58 bits per heavy atom. The Labute approximate surface area is 296 Å². The summed E-state index contributed by atoms with van der Waals surface area (Å²) in [6, 6.07) is 6.54. The molecule has 5 heterocycles. The molecule has 4 aromatic rings. The standard InChI is InChI=1S/C31H41N8O12P/c1-37(9-7-17-5-6-18(45-2)19(11-17)46-3)52(44,48-14-22-26(42)27(47-4)30(50-22)38-10-8-23(41)36-31(38)43)51-20-12-24(49-21(20)13-40)39-16-35-25-28(32)33-15-34-29(25)39/h5-6,8,10-11,15-16,20-22,24,26-27,30,40,42H,7,9,12-14H2,1-4H3,(H2,32,33,34)(H,36,41,43)/t20-,21-,22-,24-,26+,27?,30-,52?/m1/s1. The molecule has 52 heavy (non-hydrogen) atoms. The summed E-state index contributed by atoms with van der Waals surface area (Å²) in [4.78, 5) is 38.9. The molecular weight excluding hydrogens is 707 g/mol. The van der Waals surface area contributed by atoms with Gasteiger partial charge in [-0.25, -0.2) is 29.0 Å². The van der Waals surface area contributed by atoms with Crippen molar-refractivity contribution in [3.8, 4) is 11.5 Å². The molecule has 0 spiro atoms. The predicted octanol–water partition coefficient (Wildman–Crippen LogP) is 0.213. The molecule has 0 aliphatic carbocycles. The van der Waals surface area contributed by atoms with Crippen LogP contribution in [-0.2, 0) is 34.2 Å². The first kappa shape index (κ1) is 37.5. The van der Waals surface area contributed by atoms with Crippen LogP contribution in [0.3, 0.4) is 0 Å². The molecule has 5 N–H and O–H groups in total. The van der Waals surface area contributed by atoms with E-state index in [0.29, 0.717) is 29.1 Å². The van der Waals surface area contributed by atoms with E-state index >= 15 is 0 Å². The van der Waals surface area contributed by atoms with Crippen molar-refractivity contribution in [1.29, 1.82) is 0 Å². The van der Waals surface area contributed by atoms with Gasteiger partial charge in [0, 0.05) is 32.3 Å². The number of H-pyrrole nitrogens is 1. The van der Waals surface area contributed by atoms with Gasteiger partial charge in [0.2, 0.25) is 0 Å². The van der Waals surface area contributed by atoms with E-state index in [0.717, 1.165) is 16.2 Å². The van der Waals surface area contributed by atoms with E-state index in [1.807, 2.05) is 6.07 Å². The third kappa shape index (κ3) is 7.47. The van der Waals surface area contributed by atoms with Crippen LogP contribution in [0.2, 0.25) is 0 Å². The number of nitrogens with zero attached hydrogens (tertiary/aromatic N) is 6. The van der Waals surface area contributed by atoms with Gasteiger partial charge in [-0.2, -0.15) is 0 Å². The van der Waals surface area contributed by atoms with E-state index in [9.17, 15) is 24.4 Å². The molecule has 8 atom stereocenters. The summed E-state index contributed by atoms with van der Waals surface area (Å²) in [5.74, 6) is 1.25. The summed E-state index contributed by atoms with van der Waals surface area (Å²) < 4.78 is 59.6. The van der Waals surface area contributed by atoms with E-state index < -0.39 is 75.2 Å². The van der Waals surface area contributed by atoms with Crippen molar-refractivity contribution < 1.29 is 47.5 Å². The van der Waals surface area contributed by atoms with Gasteiger partial charge in [0.05, 0.1) is 33.8 Å². The number of aromatic amines is 1. The molecule has 282 valence electrons. The molecule has 20 nitrogen and oxygen atoms in total. The SMILES string of the molecule is COc1ccc(CCN(C)P(=O)(OC[C@H]2O[C@@H](n3ccc(=O)[nH]c3=O)C(OC)[C@H]2O)O[C@@H]2C[C@H](n3cnc4c(N)ncnc43)O[C@@H]2CO)cc1OC. The molecule has 2 aliphatic rings. The first-order valence-electron chi connectivity index (χ1n) is 16.2. The fourth-order valence-corrected chi connectivity index (χ4v) is 7.85. The Balaban J connectivity index is 1.24. The topological polar surface area (TPSA) is 250 Å². The van der Waals surface area contributed by atoms with Gasteiger partial charge >= 0.3 is 13.4 Å². The average Bonchev–Trinajstić information content (AvgIpc) is 3.84. The monoisotopic (exact) mass is 748 g/mol. The van der Waals surface area contributed by atoms with Crippen molar-refractivity contribution in [1.82, 2.24) is 33.7 Å². The van der Waals surface area contributed by atoms with Gasteiger partial charge in [-0.15, -0.1) is 0 Å². The van der Waals surface area contributed by atoms with Gasteiger partial charge in [-0.05, 0) is 31.2 Å². The highest BCUT2D eigenvalue weighted by atomic mass is 31.2. The number of aliphatic hydroxyl groups excluding tert-OH is 2. The molecule has 0 amide bonds. The molecule has 3 aromatic heterocycles. The van der Waals surface area contributed by atoms with Crippen LogP contribution < -0.4 is 26.5 Å². The molecule has 0 saturated carbocycles. The van der Waals surface area contributed by atoms with Crippen molar-refractivity contribution in [2.24, 2.45) is 0 Å². The summed E-state index contributed by atoms with van der Waals surface area (Å²) in [5.41, 5.74) is 6.19. The zero-order valence-corrected chi connectivity index (χ0v) is 29.7.